The first-order valence-corrected chi connectivity index (χ1v) is 16.0. The van der Waals surface area contributed by atoms with Crippen LogP contribution >= 0.6 is 12.6 Å². The summed E-state index contributed by atoms with van der Waals surface area (Å²) in [5, 5.41) is 24.1. The third-order valence-corrected chi connectivity index (χ3v) is 9.60. The molecule has 2 N–H and O–H groups in total. The average Bonchev–Trinajstić information content (AvgIpc) is 3.49. The Balaban J connectivity index is 0.00000400. The zero-order chi connectivity index (χ0) is 31.4. The van der Waals surface area contributed by atoms with Crippen LogP contribution in [0.3, 0.4) is 0 Å². The number of aromatic nitrogens is 4. The van der Waals surface area contributed by atoms with Crippen LogP contribution in [-0.4, -0.2) is 27.9 Å². The van der Waals surface area contributed by atoms with Crippen LogP contribution in [0.15, 0.2) is 0 Å². The summed E-state index contributed by atoms with van der Waals surface area (Å²) < 4.78 is 0. The number of fused-ring (bicyclic) bond motifs is 8. The van der Waals surface area contributed by atoms with Gasteiger partial charge in [0, 0.05) is 29.8 Å². The number of aliphatic carboxylic acids is 2. The van der Waals surface area contributed by atoms with Crippen molar-refractivity contribution in [3.05, 3.63) is 88.0 Å². The summed E-state index contributed by atoms with van der Waals surface area (Å²) in [7, 11) is 0. The molecule has 2 aliphatic rings. The number of carboxylic acid groups (broad SMARTS) is 2. The van der Waals surface area contributed by atoms with Gasteiger partial charge >= 0.3 is 29.0 Å². The van der Waals surface area contributed by atoms with Crippen LogP contribution in [0.4, 0.5) is 0 Å². The van der Waals surface area contributed by atoms with Crippen molar-refractivity contribution >= 4 is 70.4 Å². The zero-order valence-electron chi connectivity index (χ0n) is 25.6. The van der Waals surface area contributed by atoms with E-state index in [-0.39, 0.29) is 29.9 Å². The standard InChI is InChI=1S/C34H32N4O4S2.Fe/c1-15-20(6-8-31(39)40)26-13-27-21(7-9-32(41)42)16(2)23(36-27)11-28-33(19(5)43)17(3)25(37-28)12-29-34(30-14-44-30)18(4)24(38-29)10-22(15)35-26;/h10-13,43H,6-9,14H2,1-5H3,(H,39,40)(H,41,42);/q-4;+4/p+1/b22-10-,26-13-,28-11-,29-12-,33-19-,34-30?;. The van der Waals surface area contributed by atoms with E-state index in [1.54, 1.807) is 0 Å². The molecule has 1 saturated heterocycles. The van der Waals surface area contributed by atoms with Crippen molar-refractivity contribution in [1.82, 2.24) is 19.9 Å². The molecule has 0 atom stereocenters. The van der Waals surface area contributed by atoms with E-state index in [2.05, 4.69) is 13.0 Å². The molecule has 2 aliphatic heterocycles. The molecular formula is C34H33FeN4O4S2+. The second-order valence-corrected chi connectivity index (χ2v) is 13.3. The van der Waals surface area contributed by atoms with E-state index in [1.165, 1.54) is 16.7 Å². The van der Waals surface area contributed by atoms with Gasteiger partial charge in [0.15, 0.2) is 10.7 Å². The first-order chi connectivity index (χ1) is 20.9. The molecule has 45 heavy (non-hydrogen) atoms. The average molecular weight is 682 g/mol. The maximum atomic E-state index is 11.6. The van der Waals surface area contributed by atoms with Crippen LogP contribution in [0.2, 0.25) is 0 Å². The minimum atomic E-state index is -0.891. The summed E-state index contributed by atoms with van der Waals surface area (Å²) in [5.74, 6) is -0.753. The van der Waals surface area contributed by atoms with Crippen molar-refractivity contribution in [2.24, 2.45) is 0 Å². The molecule has 6 rings (SSSR count). The van der Waals surface area contributed by atoms with Gasteiger partial charge in [-0.25, -0.2) is 0 Å². The van der Waals surface area contributed by atoms with E-state index in [0.717, 1.165) is 81.9 Å². The molecule has 0 radical (unpaired) electrons. The molecule has 4 aromatic rings. The third kappa shape index (κ3) is 6.31. The molecule has 0 unspecified atom stereocenters. The van der Waals surface area contributed by atoms with E-state index in [4.69, 9.17) is 32.6 Å². The second-order valence-electron chi connectivity index (χ2n) is 11.4. The van der Waals surface area contributed by atoms with Gasteiger partial charge in [0.2, 0.25) is 0 Å². The summed E-state index contributed by atoms with van der Waals surface area (Å²) in [5.41, 5.74) is 8.50. The SMILES string of the molecule is C/C(S)=c1\c(C)c2[n-]\c1=C/c1[n-]c(c(CCC(=O)O)c1C)/C=c1\[n-]/c(c(C)c1CCC(=O)O)=C\c1[n-]/c(c(=C3C[SH+]3)c1C)=C\2.[Fe+4]. The Morgan fingerprint density at radius 1 is 0.711 bits per heavy atom. The quantitative estimate of drug-likeness (QED) is 0.0939. The Kier molecular flexibility index (Phi) is 9.29. The van der Waals surface area contributed by atoms with Gasteiger partial charge in [0.05, 0.1) is 0 Å². The topological polar surface area (TPSA) is 131 Å². The zero-order valence-corrected chi connectivity index (χ0v) is 28.5. The smallest absolute Gasteiger partial charge is 0.657 e. The van der Waals surface area contributed by atoms with E-state index in [9.17, 15) is 19.8 Å². The maximum absolute atomic E-state index is 11.6. The van der Waals surface area contributed by atoms with Gasteiger partial charge in [-0.05, 0) is 57.6 Å². The number of hydrogen-bond donors (Lipinski definition) is 3. The normalized spacial score (nSPS) is 18.3. The molecule has 0 amide bonds. The summed E-state index contributed by atoms with van der Waals surface area (Å²) in [6.07, 6.45) is 8.39. The minimum absolute atomic E-state index is 0. The molecule has 4 aromatic heterocycles. The summed E-state index contributed by atoms with van der Waals surface area (Å²) in [6, 6.07) is 0. The predicted octanol–water partition coefficient (Wildman–Crippen LogP) is -0.596. The Morgan fingerprint density at radius 2 is 1.24 bits per heavy atom. The van der Waals surface area contributed by atoms with Gasteiger partial charge in [-0.1, -0.05) is 57.7 Å². The number of nitrogens with zero attached hydrogens (tertiary/aromatic N) is 4. The van der Waals surface area contributed by atoms with Crippen molar-refractivity contribution in [3.8, 4) is 0 Å². The van der Waals surface area contributed by atoms with E-state index < -0.39 is 11.9 Å². The molecule has 8 nitrogen and oxygen atoms in total. The molecule has 0 spiro atoms. The van der Waals surface area contributed by atoms with Crippen LogP contribution in [-0.2, 0) is 51.3 Å². The molecule has 1 fully saturated rings. The summed E-state index contributed by atoms with van der Waals surface area (Å²) in [4.78, 5) is 45.4. The van der Waals surface area contributed by atoms with Crippen molar-refractivity contribution in [2.45, 2.75) is 60.3 Å². The monoisotopic (exact) mass is 681 g/mol. The fraction of sp³-hybridized carbons (Fsp3) is 0.294. The van der Waals surface area contributed by atoms with Crippen molar-refractivity contribution in [1.29, 1.82) is 0 Å². The van der Waals surface area contributed by atoms with Gasteiger partial charge in [0.1, 0.15) is 0 Å². The summed E-state index contributed by atoms with van der Waals surface area (Å²) in [6.45, 7) is 10.00. The molecule has 8 bridgehead atoms. The fourth-order valence-corrected chi connectivity index (χ4v) is 7.04. The summed E-state index contributed by atoms with van der Waals surface area (Å²) >= 11 is 6.03. The molecule has 11 heteroatoms. The number of hydrogen-bond acceptors (Lipinski definition) is 3. The third-order valence-electron chi connectivity index (χ3n) is 8.52. The van der Waals surface area contributed by atoms with Crippen LogP contribution in [0, 0.1) is 27.7 Å². The molecule has 6 heterocycles. The number of thiol groups is 2. The van der Waals surface area contributed by atoms with Crippen LogP contribution < -0.4 is 51.8 Å². The molecule has 232 valence electrons. The Morgan fingerprint density at radius 3 is 1.87 bits per heavy atom. The first kappa shape index (κ1) is 32.9. The van der Waals surface area contributed by atoms with Gasteiger partial charge in [-0.2, -0.15) is 0 Å². The van der Waals surface area contributed by atoms with Gasteiger partial charge < -0.3 is 30.1 Å². The first-order valence-electron chi connectivity index (χ1n) is 14.5. The molecular weight excluding hydrogens is 648 g/mol. The van der Waals surface area contributed by atoms with E-state index >= 15 is 0 Å². The van der Waals surface area contributed by atoms with Crippen molar-refractivity contribution in [3.63, 3.8) is 0 Å². The number of carboxylic acids is 2. The van der Waals surface area contributed by atoms with E-state index in [0.29, 0.717) is 29.6 Å². The Labute approximate surface area is 280 Å². The Bertz CT molecular complexity index is 2260. The number of carbonyl (C=O) groups is 2. The van der Waals surface area contributed by atoms with Crippen LogP contribution in [0.1, 0.15) is 75.9 Å². The Hall–Kier alpha value is -3.50. The van der Waals surface area contributed by atoms with Crippen molar-refractivity contribution in [2.75, 3.05) is 5.75 Å². The van der Waals surface area contributed by atoms with Crippen LogP contribution in [0.25, 0.3) is 34.1 Å². The number of rotatable bonds is 6. The largest absolute Gasteiger partial charge is 4.00 e. The minimum Gasteiger partial charge on any atom is -0.657 e. The van der Waals surface area contributed by atoms with Crippen LogP contribution in [0.5, 0.6) is 0 Å². The molecule has 0 saturated carbocycles. The molecule has 0 aromatic carbocycles. The maximum Gasteiger partial charge on any atom is 4.00 e. The predicted molar refractivity (Wildman–Crippen MR) is 177 cm³/mol. The fourth-order valence-electron chi connectivity index (χ4n) is 6.08. The van der Waals surface area contributed by atoms with Crippen molar-refractivity contribution < 1.29 is 36.9 Å². The van der Waals surface area contributed by atoms with Gasteiger partial charge in [-0.3, -0.25) is 9.59 Å². The van der Waals surface area contributed by atoms with Gasteiger partial charge in [-0.15, -0.1) is 56.8 Å². The van der Waals surface area contributed by atoms with Gasteiger partial charge in [0.25, 0.3) is 0 Å². The second kappa shape index (κ2) is 12.7. The molecule has 0 aliphatic carbocycles. The van der Waals surface area contributed by atoms with E-state index in [1.807, 2.05) is 45.9 Å².